The van der Waals surface area contributed by atoms with Crippen molar-refractivity contribution in [2.45, 2.75) is 30.8 Å². The highest BCUT2D eigenvalue weighted by Gasteiger charge is 2.39. The quantitative estimate of drug-likeness (QED) is 0.846. The molecule has 1 fully saturated rings. The SMILES string of the molecule is CC1CCCN(S(=O)(=O)c2c(Br)nnn2C)C1CN. The van der Waals surface area contributed by atoms with Crippen molar-refractivity contribution in [3.63, 3.8) is 0 Å². The highest BCUT2D eigenvalue weighted by atomic mass is 79.9. The minimum absolute atomic E-state index is 0.0834. The third-order valence-corrected chi connectivity index (χ3v) is 6.41. The average Bonchev–Trinajstić information content (AvgIpc) is 2.69. The topological polar surface area (TPSA) is 94.1 Å². The molecule has 108 valence electrons. The van der Waals surface area contributed by atoms with E-state index in [0.717, 1.165) is 12.8 Å². The lowest BCUT2D eigenvalue weighted by atomic mass is 9.93. The highest BCUT2D eigenvalue weighted by Crippen LogP contribution is 2.30. The summed E-state index contributed by atoms with van der Waals surface area (Å²) >= 11 is 3.14. The van der Waals surface area contributed by atoms with E-state index in [-0.39, 0.29) is 21.6 Å². The van der Waals surface area contributed by atoms with Gasteiger partial charge in [0.05, 0.1) is 0 Å². The molecule has 1 aliphatic heterocycles. The normalized spacial score (nSPS) is 25.7. The van der Waals surface area contributed by atoms with Crippen molar-refractivity contribution in [3.05, 3.63) is 4.60 Å². The molecule has 0 radical (unpaired) electrons. The smallest absolute Gasteiger partial charge is 0.263 e. The van der Waals surface area contributed by atoms with Gasteiger partial charge in [-0.25, -0.2) is 13.1 Å². The maximum absolute atomic E-state index is 12.7. The molecule has 0 amide bonds. The van der Waals surface area contributed by atoms with Crippen LogP contribution in [0.15, 0.2) is 9.63 Å². The number of rotatable bonds is 3. The summed E-state index contributed by atoms with van der Waals surface area (Å²) in [5.74, 6) is 0.258. The molecule has 2 rings (SSSR count). The summed E-state index contributed by atoms with van der Waals surface area (Å²) in [7, 11) is -2.06. The molecule has 1 saturated heterocycles. The first-order valence-corrected chi connectivity index (χ1v) is 8.40. The zero-order valence-corrected chi connectivity index (χ0v) is 13.4. The molecule has 2 heterocycles. The van der Waals surface area contributed by atoms with Gasteiger partial charge in [-0.3, -0.25) is 0 Å². The second-order valence-corrected chi connectivity index (χ2v) is 7.40. The van der Waals surface area contributed by atoms with Gasteiger partial charge in [-0.2, -0.15) is 4.31 Å². The number of piperidine rings is 1. The summed E-state index contributed by atoms with van der Waals surface area (Å²) in [6.45, 7) is 2.85. The fourth-order valence-electron chi connectivity index (χ4n) is 2.57. The lowest BCUT2D eigenvalue weighted by Gasteiger charge is -2.38. The van der Waals surface area contributed by atoms with Crippen LogP contribution in [-0.2, 0) is 17.1 Å². The predicted molar refractivity (Wildman–Crippen MR) is 73.8 cm³/mol. The van der Waals surface area contributed by atoms with E-state index < -0.39 is 10.0 Å². The van der Waals surface area contributed by atoms with E-state index >= 15 is 0 Å². The fourth-order valence-corrected chi connectivity index (χ4v) is 5.37. The van der Waals surface area contributed by atoms with E-state index in [0.29, 0.717) is 13.1 Å². The number of hydrogen-bond donors (Lipinski definition) is 1. The first kappa shape index (κ1) is 14.9. The minimum atomic E-state index is -3.63. The molecule has 2 unspecified atom stereocenters. The van der Waals surface area contributed by atoms with Crippen LogP contribution in [0.5, 0.6) is 0 Å². The van der Waals surface area contributed by atoms with Crippen LogP contribution >= 0.6 is 15.9 Å². The maximum atomic E-state index is 12.7. The Balaban J connectivity index is 2.44. The largest absolute Gasteiger partial charge is 0.329 e. The number of nitrogens with two attached hydrogens (primary N) is 1. The molecule has 0 saturated carbocycles. The maximum Gasteiger partial charge on any atom is 0.263 e. The Morgan fingerprint density at radius 3 is 2.74 bits per heavy atom. The van der Waals surface area contributed by atoms with Crippen molar-refractivity contribution in [1.29, 1.82) is 0 Å². The third kappa shape index (κ3) is 2.56. The number of halogens is 1. The van der Waals surface area contributed by atoms with E-state index in [1.807, 2.05) is 6.92 Å². The Hall–Kier alpha value is -0.510. The van der Waals surface area contributed by atoms with Gasteiger partial charge in [0.25, 0.3) is 10.0 Å². The van der Waals surface area contributed by atoms with Gasteiger partial charge in [-0.05, 0) is 34.7 Å². The second-order valence-electron chi connectivity index (χ2n) is 4.85. The first-order chi connectivity index (χ1) is 8.89. The van der Waals surface area contributed by atoms with Crippen LogP contribution in [0.1, 0.15) is 19.8 Å². The molecule has 1 aromatic heterocycles. The van der Waals surface area contributed by atoms with Crippen molar-refractivity contribution >= 4 is 26.0 Å². The summed E-state index contributed by atoms with van der Waals surface area (Å²) in [4.78, 5) is 0. The predicted octanol–water partition coefficient (Wildman–Crippen LogP) is 0.326. The van der Waals surface area contributed by atoms with Gasteiger partial charge in [-0.1, -0.05) is 12.1 Å². The second kappa shape index (κ2) is 5.47. The van der Waals surface area contributed by atoms with Crippen molar-refractivity contribution in [2.24, 2.45) is 18.7 Å². The number of aromatic nitrogens is 3. The molecular formula is C10H18BrN5O2S. The molecule has 2 atom stereocenters. The summed E-state index contributed by atoms with van der Waals surface area (Å²) < 4.78 is 28.5. The summed E-state index contributed by atoms with van der Waals surface area (Å²) in [5, 5.41) is 7.55. The van der Waals surface area contributed by atoms with Crippen LogP contribution in [0.2, 0.25) is 0 Å². The monoisotopic (exact) mass is 351 g/mol. The van der Waals surface area contributed by atoms with Gasteiger partial charge < -0.3 is 5.73 Å². The summed E-state index contributed by atoms with van der Waals surface area (Å²) in [5.41, 5.74) is 5.75. The summed E-state index contributed by atoms with van der Waals surface area (Å²) in [6, 6.07) is -0.166. The first-order valence-electron chi connectivity index (χ1n) is 6.16. The van der Waals surface area contributed by atoms with E-state index in [1.54, 1.807) is 7.05 Å². The zero-order chi connectivity index (χ0) is 14.2. The molecule has 0 spiro atoms. The number of hydrogen-bond acceptors (Lipinski definition) is 5. The highest BCUT2D eigenvalue weighted by molar-refractivity contribution is 9.10. The third-order valence-electron chi connectivity index (χ3n) is 3.60. The van der Waals surface area contributed by atoms with Gasteiger partial charge in [0.15, 0.2) is 4.60 Å². The van der Waals surface area contributed by atoms with Gasteiger partial charge in [0, 0.05) is 26.2 Å². The molecule has 19 heavy (non-hydrogen) atoms. The number of nitrogens with zero attached hydrogens (tertiary/aromatic N) is 4. The van der Waals surface area contributed by atoms with Crippen LogP contribution in [0.4, 0.5) is 0 Å². The molecule has 2 N–H and O–H groups in total. The standard InChI is InChI=1S/C10H18BrN5O2S/c1-7-4-3-5-16(8(7)6-12)19(17,18)10-9(11)13-14-15(10)2/h7-8H,3-6,12H2,1-2H3. The van der Waals surface area contributed by atoms with Crippen LogP contribution in [0.25, 0.3) is 0 Å². The van der Waals surface area contributed by atoms with Crippen molar-refractivity contribution in [3.8, 4) is 0 Å². The Bertz CT molecular complexity index is 539. The molecule has 0 aromatic carbocycles. The molecule has 1 aromatic rings. The van der Waals surface area contributed by atoms with Gasteiger partial charge >= 0.3 is 0 Å². The lowest BCUT2D eigenvalue weighted by molar-refractivity contribution is 0.191. The molecule has 0 aliphatic carbocycles. The average molecular weight is 352 g/mol. The van der Waals surface area contributed by atoms with Crippen LogP contribution < -0.4 is 5.73 Å². The Morgan fingerprint density at radius 2 is 2.21 bits per heavy atom. The van der Waals surface area contributed by atoms with Gasteiger partial charge in [-0.15, -0.1) is 5.10 Å². The van der Waals surface area contributed by atoms with E-state index in [9.17, 15) is 8.42 Å². The van der Waals surface area contributed by atoms with E-state index in [1.165, 1.54) is 8.99 Å². The number of aryl methyl sites for hydroxylation is 1. The van der Waals surface area contributed by atoms with E-state index in [4.69, 9.17) is 5.73 Å². The van der Waals surface area contributed by atoms with Crippen LogP contribution in [0, 0.1) is 5.92 Å². The lowest BCUT2D eigenvalue weighted by Crippen LogP contribution is -2.51. The molecule has 9 heteroatoms. The van der Waals surface area contributed by atoms with Gasteiger partial charge in [0.2, 0.25) is 5.03 Å². The fraction of sp³-hybridized carbons (Fsp3) is 0.800. The van der Waals surface area contributed by atoms with Crippen molar-refractivity contribution < 1.29 is 8.42 Å². The Labute approximate surface area is 121 Å². The van der Waals surface area contributed by atoms with Gasteiger partial charge in [0.1, 0.15) is 0 Å². The van der Waals surface area contributed by atoms with Crippen LogP contribution in [0.3, 0.4) is 0 Å². The molecule has 7 nitrogen and oxygen atoms in total. The Morgan fingerprint density at radius 1 is 1.53 bits per heavy atom. The Kier molecular flexibility index (Phi) is 4.29. The zero-order valence-electron chi connectivity index (χ0n) is 11.0. The minimum Gasteiger partial charge on any atom is -0.329 e. The molecule has 1 aliphatic rings. The van der Waals surface area contributed by atoms with E-state index in [2.05, 4.69) is 26.2 Å². The van der Waals surface area contributed by atoms with Crippen molar-refractivity contribution in [1.82, 2.24) is 19.3 Å². The van der Waals surface area contributed by atoms with Crippen LogP contribution in [-0.4, -0.2) is 46.8 Å². The van der Waals surface area contributed by atoms with Crippen molar-refractivity contribution in [2.75, 3.05) is 13.1 Å². The summed E-state index contributed by atoms with van der Waals surface area (Å²) in [6.07, 6.45) is 1.85. The molecule has 0 bridgehead atoms. The number of sulfonamides is 1. The molecular weight excluding hydrogens is 334 g/mol.